The van der Waals surface area contributed by atoms with Gasteiger partial charge in [0.1, 0.15) is 11.6 Å². The number of hydrogen-bond donors (Lipinski definition) is 0. The molecule has 0 saturated carbocycles. The van der Waals surface area contributed by atoms with Crippen LogP contribution in [0, 0.1) is 5.82 Å². The van der Waals surface area contributed by atoms with Gasteiger partial charge >= 0.3 is 5.97 Å². The van der Waals surface area contributed by atoms with Gasteiger partial charge in [0.2, 0.25) is 0 Å². The van der Waals surface area contributed by atoms with E-state index in [4.69, 9.17) is 4.74 Å². The molecular weight excluding hydrogens is 463 g/mol. The second-order valence-corrected chi connectivity index (χ2v) is 9.82. The number of aryl methyl sites for hydroxylation is 2. The lowest BCUT2D eigenvalue weighted by atomic mass is 10.1. The Hall–Kier alpha value is -3.08. The van der Waals surface area contributed by atoms with Crippen LogP contribution in [0.4, 0.5) is 4.39 Å². The Labute approximate surface area is 221 Å². The number of benzene rings is 2. The first kappa shape index (κ1) is 28.5. The van der Waals surface area contributed by atoms with E-state index in [2.05, 4.69) is 23.8 Å². The van der Waals surface area contributed by atoms with Crippen LogP contribution in [0.25, 0.3) is 11.4 Å². The molecule has 0 aliphatic rings. The Morgan fingerprint density at radius 1 is 0.757 bits per heavy atom. The highest BCUT2D eigenvalue weighted by atomic mass is 19.1. The fourth-order valence-electron chi connectivity index (χ4n) is 4.38. The number of esters is 1. The van der Waals surface area contributed by atoms with E-state index in [0.29, 0.717) is 23.4 Å². The molecule has 1 heterocycles. The highest BCUT2D eigenvalue weighted by Gasteiger charge is 2.12. The van der Waals surface area contributed by atoms with Crippen molar-refractivity contribution in [1.29, 1.82) is 0 Å². The fourth-order valence-corrected chi connectivity index (χ4v) is 4.38. The smallest absolute Gasteiger partial charge is 0.343 e. The first-order chi connectivity index (χ1) is 18.1. The average molecular weight is 505 g/mol. The van der Waals surface area contributed by atoms with Gasteiger partial charge in [0.15, 0.2) is 5.82 Å². The molecule has 0 aliphatic heterocycles. The van der Waals surface area contributed by atoms with E-state index in [-0.39, 0.29) is 11.6 Å². The van der Waals surface area contributed by atoms with Crippen LogP contribution < -0.4 is 4.74 Å². The summed E-state index contributed by atoms with van der Waals surface area (Å²) in [7, 11) is 0. The van der Waals surface area contributed by atoms with Gasteiger partial charge < -0.3 is 4.74 Å². The number of ether oxygens (including phenoxy) is 1. The first-order valence-electron chi connectivity index (χ1n) is 14.0. The molecule has 0 unspecified atom stereocenters. The highest BCUT2D eigenvalue weighted by Crippen LogP contribution is 2.21. The van der Waals surface area contributed by atoms with Crippen molar-refractivity contribution in [1.82, 2.24) is 9.97 Å². The van der Waals surface area contributed by atoms with E-state index >= 15 is 0 Å². The summed E-state index contributed by atoms with van der Waals surface area (Å²) in [6.45, 7) is 4.37. The second-order valence-electron chi connectivity index (χ2n) is 9.82. The summed E-state index contributed by atoms with van der Waals surface area (Å²) in [5.41, 5.74) is 3.03. The Morgan fingerprint density at radius 3 is 2.00 bits per heavy atom. The van der Waals surface area contributed by atoms with Crippen molar-refractivity contribution in [2.45, 2.75) is 97.3 Å². The van der Waals surface area contributed by atoms with E-state index < -0.39 is 5.97 Å². The van der Waals surface area contributed by atoms with Crippen molar-refractivity contribution in [3.05, 3.63) is 77.4 Å². The molecule has 0 amide bonds. The first-order valence-corrected chi connectivity index (χ1v) is 14.0. The molecule has 0 spiro atoms. The topological polar surface area (TPSA) is 52.1 Å². The highest BCUT2D eigenvalue weighted by molar-refractivity contribution is 5.91. The van der Waals surface area contributed by atoms with Crippen LogP contribution in [0.1, 0.15) is 106 Å². The van der Waals surface area contributed by atoms with Gasteiger partial charge in [-0.05, 0) is 55.0 Å². The predicted molar refractivity (Wildman–Crippen MR) is 148 cm³/mol. The maximum absolute atomic E-state index is 14.3. The van der Waals surface area contributed by atoms with E-state index in [1.807, 2.05) is 24.5 Å². The van der Waals surface area contributed by atoms with Crippen LogP contribution in [0.3, 0.4) is 0 Å². The maximum Gasteiger partial charge on any atom is 0.343 e. The summed E-state index contributed by atoms with van der Waals surface area (Å²) in [5.74, 6) is -0.0207. The summed E-state index contributed by atoms with van der Waals surface area (Å²) >= 11 is 0. The van der Waals surface area contributed by atoms with Gasteiger partial charge in [-0.25, -0.2) is 19.2 Å². The lowest BCUT2D eigenvalue weighted by Crippen LogP contribution is -2.09. The molecule has 0 radical (unpaired) electrons. The molecule has 3 rings (SSSR count). The van der Waals surface area contributed by atoms with Gasteiger partial charge in [-0.3, -0.25) is 0 Å². The third-order valence-electron chi connectivity index (χ3n) is 6.69. The molecule has 37 heavy (non-hydrogen) atoms. The fraction of sp³-hybridized carbons (Fsp3) is 0.469. The van der Waals surface area contributed by atoms with Gasteiger partial charge in [-0.15, -0.1) is 0 Å². The number of hydrogen-bond acceptors (Lipinski definition) is 4. The van der Waals surface area contributed by atoms with Crippen LogP contribution in [0.5, 0.6) is 5.75 Å². The molecule has 0 atom stereocenters. The van der Waals surface area contributed by atoms with E-state index in [9.17, 15) is 9.18 Å². The van der Waals surface area contributed by atoms with Crippen molar-refractivity contribution in [2.75, 3.05) is 0 Å². The van der Waals surface area contributed by atoms with Gasteiger partial charge in [-0.1, -0.05) is 89.8 Å². The number of aromatic nitrogens is 2. The Kier molecular flexibility index (Phi) is 12.2. The summed E-state index contributed by atoms with van der Waals surface area (Å²) in [6.07, 6.45) is 19.0. The molecular formula is C32H41FN2O2. The zero-order valence-electron chi connectivity index (χ0n) is 22.5. The molecule has 0 fully saturated rings. The Balaban J connectivity index is 1.46. The third kappa shape index (κ3) is 9.71. The average Bonchev–Trinajstić information content (AvgIpc) is 2.92. The molecule has 1 aromatic heterocycles. The molecule has 2 aromatic carbocycles. The van der Waals surface area contributed by atoms with E-state index in [1.54, 1.807) is 24.3 Å². The standard InChI is InChI=1S/C32H41FN2O2/c1-3-5-7-8-9-10-11-13-14-25-23-34-31(35-24-25)27-16-18-28(19-17-27)32(36)37-29-21-20-26(30(33)22-29)15-12-6-4-2/h16-24H,3-15H2,1-2H3. The Morgan fingerprint density at radius 2 is 1.35 bits per heavy atom. The number of unbranched alkanes of at least 4 members (excludes halogenated alkanes) is 9. The van der Waals surface area contributed by atoms with Gasteiger partial charge in [-0.2, -0.15) is 0 Å². The lowest BCUT2D eigenvalue weighted by molar-refractivity contribution is 0.0734. The van der Waals surface area contributed by atoms with Gasteiger partial charge in [0.05, 0.1) is 5.56 Å². The van der Waals surface area contributed by atoms with E-state index in [0.717, 1.165) is 36.8 Å². The Bertz CT molecular complexity index is 1080. The molecule has 0 saturated heterocycles. The summed E-state index contributed by atoms with van der Waals surface area (Å²) in [6, 6.07) is 11.6. The van der Waals surface area contributed by atoms with Crippen molar-refractivity contribution in [3.63, 3.8) is 0 Å². The van der Waals surface area contributed by atoms with Crippen LogP contribution >= 0.6 is 0 Å². The molecule has 198 valence electrons. The van der Waals surface area contributed by atoms with Crippen LogP contribution in [-0.2, 0) is 12.8 Å². The molecule has 5 heteroatoms. The SMILES string of the molecule is CCCCCCCCCCc1cnc(-c2ccc(C(=O)Oc3ccc(CCCCC)c(F)c3)cc2)nc1. The quantitative estimate of drug-likeness (QED) is 0.111. The maximum atomic E-state index is 14.3. The van der Waals surface area contributed by atoms with Crippen molar-refractivity contribution >= 4 is 5.97 Å². The number of rotatable bonds is 16. The largest absolute Gasteiger partial charge is 0.423 e. The zero-order valence-corrected chi connectivity index (χ0v) is 22.5. The number of nitrogens with zero attached hydrogens (tertiary/aromatic N) is 2. The number of carbonyl (C=O) groups is 1. The zero-order chi connectivity index (χ0) is 26.3. The van der Waals surface area contributed by atoms with Crippen molar-refractivity contribution in [3.8, 4) is 17.1 Å². The predicted octanol–water partition coefficient (Wildman–Crippen LogP) is 8.92. The third-order valence-corrected chi connectivity index (χ3v) is 6.69. The van der Waals surface area contributed by atoms with Gasteiger partial charge in [0.25, 0.3) is 0 Å². The minimum atomic E-state index is -0.522. The summed E-state index contributed by atoms with van der Waals surface area (Å²) in [4.78, 5) is 21.6. The monoisotopic (exact) mass is 504 g/mol. The molecule has 3 aromatic rings. The molecule has 4 nitrogen and oxygen atoms in total. The molecule has 0 N–H and O–H groups in total. The summed E-state index contributed by atoms with van der Waals surface area (Å²) in [5, 5.41) is 0. The molecule has 0 bridgehead atoms. The van der Waals surface area contributed by atoms with Crippen LogP contribution in [-0.4, -0.2) is 15.9 Å². The second kappa shape index (κ2) is 15.9. The normalized spacial score (nSPS) is 11.0. The van der Waals surface area contributed by atoms with Crippen molar-refractivity contribution < 1.29 is 13.9 Å². The van der Waals surface area contributed by atoms with Crippen LogP contribution in [0.2, 0.25) is 0 Å². The minimum Gasteiger partial charge on any atom is -0.423 e. The summed E-state index contributed by atoms with van der Waals surface area (Å²) < 4.78 is 19.7. The van der Waals surface area contributed by atoms with E-state index in [1.165, 1.54) is 57.4 Å². The number of halogens is 1. The minimum absolute atomic E-state index is 0.209. The van der Waals surface area contributed by atoms with Crippen molar-refractivity contribution in [2.24, 2.45) is 0 Å². The number of carbonyl (C=O) groups excluding carboxylic acids is 1. The van der Waals surface area contributed by atoms with Crippen LogP contribution in [0.15, 0.2) is 54.9 Å². The van der Waals surface area contributed by atoms with Gasteiger partial charge in [0, 0.05) is 24.0 Å². The molecule has 0 aliphatic carbocycles. The lowest BCUT2D eigenvalue weighted by Gasteiger charge is -2.08.